The van der Waals surface area contributed by atoms with Crippen molar-refractivity contribution in [2.24, 2.45) is 17.6 Å². The minimum atomic E-state index is -0.266. The fourth-order valence-electron chi connectivity index (χ4n) is 3.11. The molecule has 2 unspecified atom stereocenters. The molecule has 1 amide bonds. The van der Waals surface area contributed by atoms with Crippen LogP contribution in [-0.2, 0) is 9.53 Å². The molecule has 0 spiro atoms. The smallest absolute Gasteiger partial charge is 0.249 e. The largest absolute Gasteiger partial charge is 0.364 e. The zero-order chi connectivity index (χ0) is 13.0. The van der Waals surface area contributed by atoms with Crippen LogP contribution in [0.25, 0.3) is 0 Å². The zero-order valence-corrected chi connectivity index (χ0v) is 11.4. The van der Waals surface area contributed by atoms with Crippen molar-refractivity contribution < 1.29 is 9.53 Å². The van der Waals surface area contributed by atoms with E-state index in [1.54, 1.807) is 0 Å². The van der Waals surface area contributed by atoms with E-state index in [2.05, 4.69) is 12.2 Å². The van der Waals surface area contributed by atoms with Gasteiger partial charge in [0, 0.05) is 13.1 Å². The van der Waals surface area contributed by atoms with E-state index in [1.165, 1.54) is 25.7 Å². The monoisotopic (exact) mass is 254 g/mol. The number of nitrogens with two attached hydrogens (primary N) is 1. The van der Waals surface area contributed by atoms with Crippen LogP contribution in [0.4, 0.5) is 0 Å². The van der Waals surface area contributed by atoms with Crippen LogP contribution in [0.5, 0.6) is 0 Å². The number of carbonyl (C=O) groups is 1. The maximum absolute atomic E-state index is 12.0. The Balaban J connectivity index is 1.71. The Hall–Kier alpha value is -0.610. The van der Waals surface area contributed by atoms with Crippen LogP contribution in [0.15, 0.2) is 0 Å². The molecule has 2 aliphatic rings. The van der Waals surface area contributed by atoms with Gasteiger partial charge in [0.2, 0.25) is 5.91 Å². The Morgan fingerprint density at radius 3 is 2.72 bits per heavy atom. The summed E-state index contributed by atoms with van der Waals surface area (Å²) in [6, 6.07) is 0. The highest BCUT2D eigenvalue weighted by atomic mass is 16.5. The molecule has 2 fully saturated rings. The Morgan fingerprint density at radius 2 is 2.06 bits per heavy atom. The van der Waals surface area contributed by atoms with Crippen molar-refractivity contribution in [1.82, 2.24) is 5.32 Å². The predicted molar refractivity (Wildman–Crippen MR) is 71.1 cm³/mol. The molecule has 1 saturated heterocycles. The van der Waals surface area contributed by atoms with Gasteiger partial charge in [0.15, 0.2) is 0 Å². The van der Waals surface area contributed by atoms with Gasteiger partial charge in [0.25, 0.3) is 0 Å². The first-order valence-electron chi connectivity index (χ1n) is 7.34. The van der Waals surface area contributed by atoms with Crippen molar-refractivity contribution in [2.45, 2.75) is 57.7 Å². The minimum absolute atomic E-state index is 0.0590. The molecule has 3 N–H and O–H groups in total. The summed E-state index contributed by atoms with van der Waals surface area (Å²) in [6.45, 7) is 3.63. The molecular weight excluding hydrogens is 228 g/mol. The molecule has 0 radical (unpaired) electrons. The first-order valence-corrected chi connectivity index (χ1v) is 7.34. The van der Waals surface area contributed by atoms with Crippen molar-refractivity contribution in [3.05, 3.63) is 0 Å². The third kappa shape index (κ3) is 3.45. The molecule has 18 heavy (non-hydrogen) atoms. The van der Waals surface area contributed by atoms with E-state index >= 15 is 0 Å². The van der Waals surface area contributed by atoms with Gasteiger partial charge in [-0.2, -0.15) is 0 Å². The molecule has 4 heteroatoms. The zero-order valence-electron chi connectivity index (χ0n) is 11.4. The van der Waals surface area contributed by atoms with E-state index in [-0.39, 0.29) is 18.1 Å². The van der Waals surface area contributed by atoms with E-state index in [1.807, 2.05) is 0 Å². The molecule has 1 aliphatic heterocycles. The van der Waals surface area contributed by atoms with Gasteiger partial charge >= 0.3 is 0 Å². The number of hydrogen-bond acceptors (Lipinski definition) is 3. The fourth-order valence-corrected chi connectivity index (χ4v) is 3.11. The highest BCUT2D eigenvalue weighted by Gasteiger charge is 2.30. The van der Waals surface area contributed by atoms with Gasteiger partial charge in [-0.15, -0.1) is 0 Å². The third-order valence-corrected chi connectivity index (χ3v) is 4.49. The van der Waals surface area contributed by atoms with Crippen molar-refractivity contribution in [3.8, 4) is 0 Å². The molecule has 2 rings (SSSR count). The number of carbonyl (C=O) groups excluding carboxylic acids is 1. The van der Waals surface area contributed by atoms with Crippen LogP contribution < -0.4 is 11.1 Å². The number of hydrogen-bond donors (Lipinski definition) is 2. The summed E-state index contributed by atoms with van der Waals surface area (Å²) in [5.74, 6) is 1.44. The summed E-state index contributed by atoms with van der Waals surface area (Å²) in [5, 5.41) is 3.06. The highest BCUT2D eigenvalue weighted by molar-refractivity contribution is 5.81. The second kappa shape index (κ2) is 6.53. The lowest BCUT2D eigenvalue weighted by molar-refractivity contribution is -0.132. The summed E-state index contributed by atoms with van der Waals surface area (Å²) < 4.78 is 5.60. The molecular formula is C14H26N2O2. The molecule has 1 heterocycles. The summed E-state index contributed by atoms with van der Waals surface area (Å²) in [4.78, 5) is 12.0. The number of ether oxygens (including phenoxy) is 1. The standard InChI is InChI=1S/C14H26N2O2/c1-10-4-2-3-5-11(10)9-16-14(17)13-7-6-12(8-15)18-13/h10-13H,2-9,15H2,1H3,(H,16,17)/t10?,11?,12-,13+/m1/s1. The van der Waals surface area contributed by atoms with Crippen molar-refractivity contribution in [2.75, 3.05) is 13.1 Å². The van der Waals surface area contributed by atoms with Crippen LogP contribution in [0.1, 0.15) is 45.4 Å². The van der Waals surface area contributed by atoms with Gasteiger partial charge in [-0.05, 0) is 31.1 Å². The average molecular weight is 254 g/mol. The van der Waals surface area contributed by atoms with Gasteiger partial charge < -0.3 is 15.8 Å². The number of rotatable bonds is 4. The van der Waals surface area contributed by atoms with Gasteiger partial charge in [-0.3, -0.25) is 4.79 Å². The first-order chi connectivity index (χ1) is 8.70. The Labute approximate surface area is 110 Å². The number of nitrogens with one attached hydrogen (secondary N) is 1. The third-order valence-electron chi connectivity index (χ3n) is 4.49. The summed E-state index contributed by atoms with van der Waals surface area (Å²) in [7, 11) is 0. The normalized spacial score (nSPS) is 36.6. The van der Waals surface area contributed by atoms with Gasteiger partial charge in [0.1, 0.15) is 6.10 Å². The lowest BCUT2D eigenvalue weighted by atomic mass is 9.80. The second-order valence-corrected chi connectivity index (χ2v) is 5.83. The second-order valence-electron chi connectivity index (χ2n) is 5.83. The van der Waals surface area contributed by atoms with Gasteiger partial charge in [-0.1, -0.05) is 26.2 Å². The van der Waals surface area contributed by atoms with Crippen molar-refractivity contribution in [3.63, 3.8) is 0 Å². The maximum Gasteiger partial charge on any atom is 0.249 e. The van der Waals surface area contributed by atoms with Crippen LogP contribution in [0.3, 0.4) is 0 Å². The molecule has 0 aromatic heterocycles. The summed E-state index contributed by atoms with van der Waals surface area (Å²) >= 11 is 0. The Morgan fingerprint density at radius 1 is 1.28 bits per heavy atom. The molecule has 0 aromatic rings. The molecule has 4 atom stereocenters. The van der Waals surface area contributed by atoms with E-state index in [0.717, 1.165) is 25.3 Å². The predicted octanol–water partition coefficient (Wildman–Crippen LogP) is 1.44. The number of amides is 1. The Bertz CT molecular complexity index is 283. The maximum atomic E-state index is 12.0. The van der Waals surface area contributed by atoms with E-state index in [0.29, 0.717) is 12.5 Å². The molecule has 4 nitrogen and oxygen atoms in total. The first kappa shape index (κ1) is 13.8. The summed E-state index contributed by atoms with van der Waals surface area (Å²) in [5.41, 5.74) is 5.55. The molecule has 1 aliphatic carbocycles. The van der Waals surface area contributed by atoms with E-state index in [9.17, 15) is 4.79 Å². The lowest BCUT2D eigenvalue weighted by Gasteiger charge is -2.29. The topological polar surface area (TPSA) is 64.4 Å². The molecule has 0 aromatic carbocycles. The van der Waals surface area contributed by atoms with Crippen LogP contribution in [0, 0.1) is 11.8 Å². The molecule has 1 saturated carbocycles. The van der Waals surface area contributed by atoms with E-state index in [4.69, 9.17) is 10.5 Å². The van der Waals surface area contributed by atoms with Crippen molar-refractivity contribution in [1.29, 1.82) is 0 Å². The molecule has 0 bridgehead atoms. The quantitative estimate of drug-likeness (QED) is 0.798. The molecule has 104 valence electrons. The fraction of sp³-hybridized carbons (Fsp3) is 0.929. The highest BCUT2D eigenvalue weighted by Crippen LogP contribution is 2.29. The van der Waals surface area contributed by atoms with Crippen molar-refractivity contribution >= 4 is 5.91 Å². The van der Waals surface area contributed by atoms with Crippen LogP contribution in [-0.4, -0.2) is 31.2 Å². The van der Waals surface area contributed by atoms with Gasteiger partial charge in [0.05, 0.1) is 6.10 Å². The SMILES string of the molecule is CC1CCCCC1CNC(=O)[C@@H]1CC[C@H](CN)O1. The minimum Gasteiger partial charge on any atom is -0.364 e. The average Bonchev–Trinajstić information content (AvgIpc) is 2.86. The summed E-state index contributed by atoms with van der Waals surface area (Å²) in [6.07, 6.45) is 6.73. The van der Waals surface area contributed by atoms with Crippen LogP contribution in [0.2, 0.25) is 0 Å². The Kier molecular flexibility index (Phi) is 5.01. The van der Waals surface area contributed by atoms with Gasteiger partial charge in [-0.25, -0.2) is 0 Å². The lowest BCUT2D eigenvalue weighted by Crippen LogP contribution is -2.39. The van der Waals surface area contributed by atoms with E-state index < -0.39 is 0 Å². The van der Waals surface area contributed by atoms with Crippen LogP contribution >= 0.6 is 0 Å².